The third kappa shape index (κ3) is 3.03. The first-order chi connectivity index (χ1) is 11.7. The average molecular weight is 325 g/mol. The fourth-order valence-corrected chi connectivity index (χ4v) is 3.74. The monoisotopic (exact) mass is 325 g/mol. The van der Waals surface area contributed by atoms with Crippen LogP contribution in [-0.2, 0) is 6.42 Å². The molecule has 2 aromatic rings. The molecule has 1 fully saturated rings. The van der Waals surface area contributed by atoms with E-state index in [9.17, 15) is 9.18 Å². The maximum Gasteiger partial charge on any atom is 0.223 e. The maximum absolute atomic E-state index is 13.1. The van der Waals surface area contributed by atoms with Gasteiger partial charge in [0.25, 0.3) is 0 Å². The highest BCUT2D eigenvalue weighted by Gasteiger charge is 2.28. The third-order valence-corrected chi connectivity index (χ3v) is 5.07. The molecule has 2 aliphatic rings. The molecule has 1 N–H and O–H groups in total. The molecular weight excluding hydrogens is 305 g/mol. The van der Waals surface area contributed by atoms with Crippen LogP contribution in [0.5, 0.6) is 0 Å². The number of nitrogens with zero attached hydrogens (tertiary/aromatic N) is 2. The van der Waals surface area contributed by atoms with Gasteiger partial charge in [-0.05, 0) is 42.9 Å². The third-order valence-electron chi connectivity index (χ3n) is 5.07. The average Bonchev–Trinajstić information content (AvgIpc) is 3.08. The Bertz CT molecular complexity index is 754. The SMILES string of the molecule is O=C1C[C@H](c2ccc(F)cc2)Cc2nc(NC3CCCC3)ncc21. The van der Waals surface area contributed by atoms with Crippen molar-refractivity contribution in [2.45, 2.75) is 50.5 Å². The van der Waals surface area contributed by atoms with Gasteiger partial charge in [0, 0.05) is 18.7 Å². The van der Waals surface area contributed by atoms with Gasteiger partial charge < -0.3 is 5.32 Å². The number of carbonyl (C=O) groups is 1. The zero-order valence-corrected chi connectivity index (χ0v) is 13.5. The predicted octanol–water partition coefficient (Wildman–Crippen LogP) is 3.88. The zero-order valence-electron chi connectivity index (χ0n) is 13.5. The minimum Gasteiger partial charge on any atom is -0.351 e. The van der Waals surface area contributed by atoms with Gasteiger partial charge in [0.2, 0.25) is 5.95 Å². The van der Waals surface area contributed by atoms with Crippen molar-refractivity contribution in [2.75, 3.05) is 5.32 Å². The number of anilines is 1. The van der Waals surface area contributed by atoms with Crippen molar-refractivity contribution in [1.29, 1.82) is 0 Å². The van der Waals surface area contributed by atoms with Crippen LogP contribution in [0.1, 0.15) is 59.6 Å². The lowest BCUT2D eigenvalue weighted by Crippen LogP contribution is -2.23. The molecule has 0 spiro atoms. The van der Waals surface area contributed by atoms with Crippen molar-refractivity contribution in [3.05, 3.63) is 53.1 Å². The molecule has 1 aromatic carbocycles. The quantitative estimate of drug-likeness (QED) is 0.930. The first-order valence-electron chi connectivity index (χ1n) is 8.60. The van der Waals surface area contributed by atoms with Gasteiger partial charge in [-0.15, -0.1) is 0 Å². The summed E-state index contributed by atoms with van der Waals surface area (Å²) in [7, 11) is 0. The molecule has 124 valence electrons. The number of carbonyl (C=O) groups excluding carboxylic acids is 1. The molecular formula is C19H20FN3O. The molecule has 0 unspecified atom stereocenters. The molecule has 1 aromatic heterocycles. The Hall–Kier alpha value is -2.30. The first kappa shape index (κ1) is 15.2. The summed E-state index contributed by atoms with van der Waals surface area (Å²) in [5.41, 5.74) is 2.42. The lowest BCUT2D eigenvalue weighted by atomic mass is 9.82. The number of hydrogen-bond acceptors (Lipinski definition) is 4. The maximum atomic E-state index is 13.1. The minimum absolute atomic E-state index is 0.0554. The summed E-state index contributed by atoms with van der Waals surface area (Å²) in [5, 5.41) is 3.38. The number of aromatic nitrogens is 2. The van der Waals surface area contributed by atoms with Gasteiger partial charge in [0.15, 0.2) is 5.78 Å². The van der Waals surface area contributed by atoms with E-state index < -0.39 is 0 Å². The van der Waals surface area contributed by atoms with Gasteiger partial charge in [0.05, 0.1) is 11.3 Å². The highest BCUT2D eigenvalue weighted by atomic mass is 19.1. The number of Topliss-reactive ketones (excluding diaryl/α,β-unsaturated/α-hetero) is 1. The van der Waals surface area contributed by atoms with Crippen LogP contribution in [0.2, 0.25) is 0 Å². The predicted molar refractivity (Wildman–Crippen MR) is 89.7 cm³/mol. The molecule has 4 rings (SSSR count). The summed E-state index contributed by atoms with van der Waals surface area (Å²) in [5.74, 6) is 0.484. The van der Waals surface area contributed by atoms with Crippen LogP contribution in [0.15, 0.2) is 30.5 Å². The molecule has 0 bridgehead atoms. The van der Waals surface area contributed by atoms with E-state index in [-0.39, 0.29) is 17.5 Å². The van der Waals surface area contributed by atoms with E-state index in [0.717, 1.165) is 24.1 Å². The second-order valence-electron chi connectivity index (χ2n) is 6.76. The largest absolute Gasteiger partial charge is 0.351 e. The van der Waals surface area contributed by atoms with Gasteiger partial charge >= 0.3 is 0 Å². The molecule has 5 heteroatoms. The number of nitrogens with one attached hydrogen (secondary N) is 1. The van der Waals surface area contributed by atoms with E-state index in [1.54, 1.807) is 18.3 Å². The van der Waals surface area contributed by atoms with Crippen LogP contribution in [0.25, 0.3) is 0 Å². The van der Waals surface area contributed by atoms with Crippen molar-refractivity contribution in [3.8, 4) is 0 Å². The fourth-order valence-electron chi connectivity index (χ4n) is 3.74. The van der Waals surface area contributed by atoms with Crippen LogP contribution >= 0.6 is 0 Å². The van der Waals surface area contributed by atoms with Crippen molar-refractivity contribution < 1.29 is 9.18 Å². The lowest BCUT2D eigenvalue weighted by molar-refractivity contribution is 0.0962. The topological polar surface area (TPSA) is 54.9 Å². The van der Waals surface area contributed by atoms with Crippen LogP contribution < -0.4 is 5.32 Å². The number of hydrogen-bond donors (Lipinski definition) is 1. The van der Waals surface area contributed by atoms with Gasteiger partial charge in [-0.2, -0.15) is 0 Å². The van der Waals surface area contributed by atoms with E-state index in [2.05, 4.69) is 15.3 Å². The van der Waals surface area contributed by atoms with Gasteiger partial charge in [-0.25, -0.2) is 14.4 Å². The highest BCUT2D eigenvalue weighted by molar-refractivity contribution is 5.98. The molecule has 1 saturated carbocycles. The Morgan fingerprint density at radius 3 is 2.58 bits per heavy atom. The van der Waals surface area contributed by atoms with Gasteiger partial charge in [-0.1, -0.05) is 25.0 Å². The minimum atomic E-state index is -0.258. The van der Waals surface area contributed by atoms with Crippen molar-refractivity contribution >= 4 is 11.7 Å². The second-order valence-corrected chi connectivity index (χ2v) is 6.76. The van der Waals surface area contributed by atoms with Gasteiger partial charge in [-0.3, -0.25) is 4.79 Å². The summed E-state index contributed by atoms with van der Waals surface area (Å²) >= 11 is 0. The molecule has 24 heavy (non-hydrogen) atoms. The standard InChI is InChI=1S/C19H20FN3O/c20-14-7-5-12(6-8-14)13-9-17-16(18(24)10-13)11-21-19(23-17)22-15-3-1-2-4-15/h5-8,11,13,15H,1-4,9-10H2,(H,21,22,23)/t13-/m1/s1. The molecule has 0 aliphatic heterocycles. The molecule has 1 heterocycles. The highest BCUT2D eigenvalue weighted by Crippen LogP contribution is 2.32. The molecule has 4 nitrogen and oxygen atoms in total. The normalized spacial score (nSPS) is 20.9. The summed E-state index contributed by atoms with van der Waals surface area (Å²) in [6, 6.07) is 6.86. The Labute approximate surface area is 140 Å². The number of rotatable bonds is 3. The molecule has 1 atom stereocenters. The van der Waals surface area contributed by atoms with Crippen LogP contribution in [0.3, 0.4) is 0 Å². The van der Waals surface area contributed by atoms with E-state index in [1.165, 1.54) is 25.0 Å². The number of fused-ring (bicyclic) bond motifs is 1. The van der Waals surface area contributed by atoms with Gasteiger partial charge in [0.1, 0.15) is 5.82 Å². The Kier molecular flexibility index (Phi) is 4.00. The van der Waals surface area contributed by atoms with E-state index in [1.807, 2.05) is 0 Å². The summed E-state index contributed by atoms with van der Waals surface area (Å²) in [6.07, 6.45) is 7.56. The first-order valence-corrected chi connectivity index (χ1v) is 8.60. The Morgan fingerprint density at radius 2 is 1.83 bits per heavy atom. The fraction of sp³-hybridized carbons (Fsp3) is 0.421. The molecule has 0 saturated heterocycles. The zero-order chi connectivity index (χ0) is 16.5. The van der Waals surface area contributed by atoms with E-state index >= 15 is 0 Å². The van der Waals surface area contributed by atoms with Crippen LogP contribution in [0, 0.1) is 5.82 Å². The number of ketones is 1. The molecule has 2 aliphatic carbocycles. The van der Waals surface area contributed by atoms with E-state index in [0.29, 0.717) is 30.4 Å². The summed E-state index contributed by atoms with van der Waals surface area (Å²) < 4.78 is 13.1. The van der Waals surface area contributed by atoms with Crippen molar-refractivity contribution in [3.63, 3.8) is 0 Å². The summed E-state index contributed by atoms with van der Waals surface area (Å²) in [6.45, 7) is 0. The second kappa shape index (κ2) is 6.30. The smallest absolute Gasteiger partial charge is 0.223 e. The summed E-state index contributed by atoms with van der Waals surface area (Å²) in [4.78, 5) is 21.3. The van der Waals surface area contributed by atoms with Crippen LogP contribution in [0.4, 0.5) is 10.3 Å². The molecule has 0 amide bonds. The molecule has 0 radical (unpaired) electrons. The van der Waals surface area contributed by atoms with Crippen molar-refractivity contribution in [2.24, 2.45) is 0 Å². The number of halogens is 1. The van der Waals surface area contributed by atoms with E-state index in [4.69, 9.17) is 0 Å². The van der Waals surface area contributed by atoms with Crippen LogP contribution in [-0.4, -0.2) is 21.8 Å². The lowest BCUT2D eigenvalue weighted by Gasteiger charge is -2.23. The Morgan fingerprint density at radius 1 is 1.08 bits per heavy atom. The Balaban J connectivity index is 1.57. The number of benzene rings is 1. The van der Waals surface area contributed by atoms with Crippen molar-refractivity contribution in [1.82, 2.24) is 9.97 Å².